The number of ether oxygens (including phenoxy) is 1. The highest BCUT2D eigenvalue weighted by Crippen LogP contribution is 2.29. The highest BCUT2D eigenvalue weighted by Gasteiger charge is 2.21. The van der Waals surface area contributed by atoms with Crippen molar-refractivity contribution in [3.8, 4) is 28.7 Å². The number of benzene rings is 1. The van der Waals surface area contributed by atoms with E-state index >= 15 is 0 Å². The van der Waals surface area contributed by atoms with Crippen LogP contribution in [0.1, 0.15) is 29.8 Å². The number of anilines is 1. The molecular weight excluding hydrogens is 416 g/mol. The molecule has 1 aliphatic carbocycles. The number of nitrogens with two attached hydrogens (primary N) is 1. The summed E-state index contributed by atoms with van der Waals surface area (Å²) < 4.78 is 7.45. The fraction of sp³-hybridized carbons (Fsp3) is 0.250. The van der Waals surface area contributed by atoms with Gasteiger partial charge in [0.2, 0.25) is 5.95 Å². The van der Waals surface area contributed by atoms with Crippen molar-refractivity contribution in [2.24, 2.45) is 5.92 Å². The van der Waals surface area contributed by atoms with Gasteiger partial charge in [-0.3, -0.25) is 4.98 Å². The largest absolute Gasteiger partial charge is 0.375 e. The smallest absolute Gasteiger partial charge is 0.221 e. The van der Waals surface area contributed by atoms with Crippen molar-refractivity contribution in [3.05, 3.63) is 71.7 Å². The zero-order valence-electron chi connectivity index (χ0n) is 17.9. The standard InChI is InChI=1S/C24H22N8O/c25-11-17-3-1-4-18(9-17)21-10-22(29-24(26)28-21)23-13-32(31-30-23)12-19-5-2-6-20(27-19)15-33-14-16-7-8-16/h1-6,9-10,13,16H,7-8,12,14-15H2,(H2,26,28,29). The molecule has 0 saturated heterocycles. The third-order valence-electron chi connectivity index (χ3n) is 5.32. The molecule has 3 aromatic heterocycles. The van der Waals surface area contributed by atoms with E-state index in [9.17, 15) is 0 Å². The molecule has 0 radical (unpaired) electrons. The SMILES string of the molecule is N#Cc1cccc(-c2cc(-c3cn(Cc4cccc(COCC5CC5)n4)nn3)nc(N)n2)c1. The van der Waals surface area contributed by atoms with Gasteiger partial charge >= 0.3 is 0 Å². The number of nitrogen functional groups attached to an aromatic ring is 1. The Morgan fingerprint density at radius 2 is 1.82 bits per heavy atom. The summed E-state index contributed by atoms with van der Waals surface area (Å²) in [7, 11) is 0. The normalized spacial score (nSPS) is 13.1. The first kappa shape index (κ1) is 20.7. The van der Waals surface area contributed by atoms with E-state index in [0.717, 1.165) is 29.5 Å². The Bertz CT molecular complexity index is 1320. The van der Waals surface area contributed by atoms with Gasteiger partial charge in [-0.2, -0.15) is 5.26 Å². The van der Waals surface area contributed by atoms with Crippen molar-refractivity contribution in [1.82, 2.24) is 29.9 Å². The van der Waals surface area contributed by atoms with Crippen molar-refractivity contribution >= 4 is 5.95 Å². The molecule has 0 bridgehead atoms. The molecule has 2 N–H and O–H groups in total. The fourth-order valence-corrected chi connectivity index (χ4v) is 3.46. The Balaban J connectivity index is 1.32. The Hall–Kier alpha value is -4.16. The zero-order valence-corrected chi connectivity index (χ0v) is 17.9. The van der Waals surface area contributed by atoms with Gasteiger partial charge in [0.15, 0.2) is 0 Å². The van der Waals surface area contributed by atoms with Crippen molar-refractivity contribution in [1.29, 1.82) is 5.26 Å². The summed E-state index contributed by atoms with van der Waals surface area (Å²) >= 11 is 0. The Morgan fingerprint density at radius 3 is 2.67 bits per heavy atom. The zero-order chi connectivity index (χ0) is 22.6. The second kappa shape index (κ2) is 9.14. The lowest BCUT2D eigenvalue weighted by Crippen LogP contribution is -2.05. The third kappa shape index (κ3) is 5.19. The highest BCUT2D eigenvalue weighted by atomic mass is 16.5. The molecule has 1 aliphatic rings. The summed E-state index contributed by atoms with van der Waals surface area (Å²) in [6.45, 7) is 1.80. The van der Waals surface area contributed by atoms with E-state index in [-0.39, 0.29) is 5.95 Å². The molecule has 9 heteroatoms. The van der Waals surface area contributed by atoms with Crippen LogP contribution < -0.4 is 5.73 Å². The second-order valence-corrected chi connectivity index (χ2v) is 8.07. The van der Waals surface area contributed by atoms with Crippen LogP contribution in [-0.4, -0.2) is 36.6 Å². The average Bonchev–Trinajstić information content (AvgIpc) is 3.54. The number of aromatic nitrogens is 6. The number of nitrogens with zero attached hydrogens (tertiary/aromatic N) is 7. The average molecular weight is 438 g/mol. The lowest BCUT2D eigenvalue weighted by Gasteiger charge is -2.06. The minimum absolute atomic E-state index is 0.125. The molecule has 1 saturated carbocycles. The number of pyridine rings is 1. The van der Waals surface area contributed by atoms with Gasteiger partial charge in [-0.05, 0) is 49.1 Å². The Kier molecular flexibility index (Phi) is 5.74. The molecule has 0 aliphatic heterocycles. The van der Waals surface area contributed by atoms with Crippen LogP contribution >= 0.6 is 0 Å². The van der Waals surface area contributed by atoms with Gasteiger partial charge in [0.25, 0.3) is 0 Å². The first-order valence-corrected chi connectivity index (χ1v) is 10.7. The summed E-state index contributed by atoms with van der Waals surface area (Å²) in [5.74, 6) is 0.855. The minimum atomic E-state index is 0.125. The van der Waals surface area contributed by atoms with Crippen LogP contribution in [0.5, 0.6) is 0 Å². The van der Waals surface area contributed by atoms with E-state index in [1.807, 2.05) is 24.3 Å². The molecule has 0 spiro atoms. The Morgan fingerprint density at radius 1 is 1.00 bits per heavy atom. The van der Waals surface area contributed by atoms with E-state index in [1.165, 1.54) is 12.8 Å². The van der Waals surface area contributed by atoms with E-state index in [4.69, 9.17) is 15.7 Å². The van der Waals surface area contributed by atoms with Crippen molar-refractivity contribution in [3.63, 3.8) is 0 Å². The summed E-state index contributed by atoms with van der Waals surface area (Å²) in [4.78, 5) is 13.3. The molecule has 33 heavy (non-hydrogen) atoms. The summed E-state index contributed by atoms with van der Waals surface area (Å²) in [6, 6.07) is 17.0. The molecule has 164 valence electrons. The van der Waals surface area contributed by atoms with Crippen LogP contribution in [0.3, 0.4) is 0 Å². The van der Waals surface area contributed by atoms with Gasteiger partial charge in [-0.25, -0.2) is 14.6 Å². The molecule has 1 aromatic carbocycles. The van der Waals surface area contributed by atoms with Crippen molar-refractivity contribution < 1.29 is 4.74 Å². The van der Waals surface area contributed by atoms with E-state index in [0.29, 0.717) is 35.8 Å². The van der Waals surface area contributed by atoms with Crippen LogP contribution in [0.2, 0.25) is 0 Å². The molecule has 4 aromatic rings. The number of nitriles is 1. The van der Waals surface area contributed by atoms with Crippen LogP contribution in [0.25, 0.3) is 22.6 Å². The van der Waals surface area contributed by atoms with Crippen LogP contribution in [0.15, 0.2) is 54.7 Å². The van der Waals surface area contributed by atoms with Gasteiger partial charge in [-0.15, -0.1) is 5.10 Å². The predicted molar refractivity (Wildman–Crippen MR) is 121 cm³/mol. The maximum Gasteiger partial charge on any atom is 0.221 e. The molecular formula is C24H22N8O. The first-order chi connectivity index (χ1) is 16.2. The fourth-order valence-electron chi connectivity index (χ4n) is 3.46. The number of hydrogen-bond donors (Lipinski definition) is 1. The topological polar surface area (TPSA) is 128 Å². The number of rotatable bonds is 8. The minimum Gasteiger partial charge on any atom is -0.375 e. The van der Waals surface area contributed by atoms with Crippen molar-refractivity contribution in [2.75, 3.05) is 12.3 Å². The second-order valence-electron chi connectivity index (χ2n) is 8.07. The molecule has 3 heterocycles. The summed E-state index contributed by atoms with van der Waals surface area (Å²) in [5.41, 5.74) is 10.8. The quantitative estimate of drug-likeness (QED) is 0.444. The Labute approximate surface area is 190 Å². The van der Waals surface area contributed by atoms with Crippen LogP contribution in [-0.2, 0) is 17.9 Å². The molecule has 9 nitrogen and oxygen atoms in total. The molecule has 5 rings (SSSR count). The third-order valence-corrected chi connectivity index (χ3v) is 5.32. The van der Waals surface area contributed by atoms with Gasteiger partial charge in [0.1, 0.15) is 5.69 Å². The van der Waals surface area contributed by atoms with Crippen molar-refractivity contribution in [2.45, 2.75) is 26.0 Å². The van der Waals surface area contributed by atoms with Gasteiger partial charge in [0.05, 0.1) is 53.8 Å². The molecule has 0 atom stereocenters. The maximum absolute atomic E-state index is 9.16. The number of hydrogen-bond acceptors (Lipinski definition) is 8. The van der Waals surface area contributed by atoms with Crippen LogP contribution in [0, 0.1) is 17.2 Å². The molecule has 1 fully saturated rings. The van der Waals surface area contributed by atoms with E-state index in [1.54, 1.807) is 35.1 Å². The monoisotopic (exact) mass is 438 g/mol. The van der Waals surface area contributed by atoms with E-state index < -0.39 is 0 Å². The predicted octanol–water partition coefficient (Wildman–Crippen LogP) is 3.23. The highest BCUT2D eigenvalue weighted by molar-refractivity contribution is 5.68. The molecule has 0 amide bonds. The lowest BCUT2D eigenvalue weighted by molar-refractivity contribution is 0.108. The maximum atomic E-state index is 9.16. The van der Waals surface area contributed by atoms with Gasteiger partial charge in [-0.1, -0.05) is 23.4 Å². The van der Waals surface area contributed by atoms with Gasteiger partial charge < -0.3 is 10.5 Å². The van der Waals surface area contributed by atoms with E-state index in [2.05, 4.69) is 31.3 Å². The van der Waals surface area contributed by atoms with Crippen LogP contribution in [0.4, 0.5) is 5.95 Å². The van der Waals surface area contributed by atoms with Gasteiger partial charge in [0, 0.05) is 12.2 Å². The lowest BCUT2D eigenvalue weighted by atomic mass is 10.1. The summed E-state index contributed by atoms with van der Waals surface area (Å²) in [5, 5.41) is 17.6. The summed E-state index contributed by atoms with van der Waals surface area (Å²) in [6.07, 6.45) is 4.34. The molecule has 0 unspecified atom stereocenters. The first-order valence-electron chi connectivity index (χ1n) is 10.7.